The zero-order valence-corrected chi connectivity index (χ0v) is 13.2. The van der Waals surface area contributed by atoms with Crippen molar-refractivity contribution in [2.45, 2.75) is 13.0 Å². The van der Waals surface area contributed by atoms with Gasteiger partial charge in [0.15, 0.2) is 0 Å². The summed E-state index contributed by atoms with van der Waals surface area (Å²) >= 11 is 0. The standard InChI is InChI=1S/C16H24N4O/c1-13(14-11-17-20(4)12-14)18-15-6-5-7-16(10-15)21-9-8-19(2)3/h5-7,10-13,18H,8-9H2,1-4H3. The minimum Gasteiger partial charge on any atom is -0.492 e. The normalized spacial score (nSPS) is 12.4. The zero-order chi connectivity index (χ0) is 15.2. The summed E-state index contributed by atoms with van der Waals surface area (Å²) in [6.07, 6.45) is 3.91. The van der Waals surface area contributed by atoms with Gasteiger partial charge in [0.1, 0.15) is 12.4 Å². The highest BCUT2D eigenvalue weighted by molar-refractivity contribution is 5.49. The van der Waals surface area contributed by atoms with Crippen molar-refractivity contribution in [2.75, 3.05) is 32.6 Å². The number of hydrogen-bond acceptors (Lipinski definition) is 4. The summed E-state index contributed by atoms with van der Waals surface area (Å²) in [6.45, 7) is 3.72. The molecule has 0 radical (unpaired) electrons. The van der Waals surface area contributed by atoms with E-state index in [9.17, 15) is 0 Å². The van der Waals surface area contributed by atoms with Gasteiger partial charge in [-0.1, -0.05) is 6.07 Å². The third-order valence-corrected chi connectivity index (χ3v) is 3.25. The first-order valence-corrected chi connectivity index (χ1v) is 7.17. The summed E-state index contributed by atoms with van der Waals surface area (Å²) in [4.78, 5) is 2.10. The first-order valence-electron chi connectivity index (χ1n) is 7.17. The lowest BCUT2D eigenvalue weighted by Crippen LogP contribution is -2.19. The van der Waals surface area contributed by atoms with Crippen LogP contribution in [0.25, 0.3) is 0 Å². The van der Waals surface area contributed by atoms with Crippen molar-refractivity contribution >= 4 is 5.69 Å². The number of nitrogens with one attached hydrogen (secondary N) is 1. The Morgan fingerprint density at radius 1 is 1.38 bits per heavy atom. The molecule has 5 heteroatoms. The van der Waals surface area contributed by atoms with E-state index in [1.165, 1.54) is 0 Å². The molecule has 114 valence electrons. The molecule has 1 unspecified atom stereocenters. The van der Waals surface area contributed by atoms with E-state index in [0.29, 0.717) is 6.61 Å². The second kappa shape index (κ2) is 7.13. The second-order valence-electron chi connectivity index (χ2n) is 5.49. The molecule has 0 aliphatic rings. The number of benzene rings is 1. The van der Waals surface area contributed by atoms with E-state index in [0.717, 1.165) is 23.5 Å². The predicted octanol–water partition coefficient (Wildman–Crippen LogP) is 2.53. The van der Waals surface area contributed by atoms with Crippen molar-refractivity contribution in [2.24, 2.45) is 7.05 Å². The van der Waals surface area contributed by atoms with Crippen LogP contribution in [0.1, 0.15) is 18.5 Å². The topological polar surface area (TPSA) is 42.3 Å². The Labute approximate surface area is 126 Å². The van der Waals surface area contributed by atoms with Crippen molar-refractivity contribution in [3.8, 4) is 5.75 Å². The molecule has 1 aromatic carbocycles. The van der Waals surface area contributed by atoms with Gasteiger partial charge in [-0.3, -0.25) is 4.68 Å². The molecule has 0 bridgehead atoms. The SMILES string of the molecule is CC(Nc1cccc(OCCN(C)C)c1)c1cnn(C)c1. The van der Waals surface area contributed by atoms with Crippen LogP contribution < -0.4 is 10.1 Å². The molecule has 2 aromatic rings. The van der Waals surface area contributed by atoms with Crippen LogP contribution in [-0.4, -0.2) is 41.9 Å². The molecule has 1 aromatic heterocycles. The lowest BCUT2D eigenvalue weighted by molar-refractivity contribution is 0.261. The fourth-order valence-electron chi connectivity index (χ4n) is 2.02. The van der Waals surface area contributed by atoms with Gasteiger partial charge in [0.25, 0.3) is 0 Å². The summed E-state index contributed by atoms with van der Waals surface area (Å²) in [5.41, 5.74) is 2.21. The maximum atomic E-state index is 5.75. The van der Waals surface area contributed by atoms with Crippen molar-refractivity contribution in [1.82, 2.24) is 14.7 Å². The van der Waals surface area contributed by atoms with Crippen molar-refractivity contribution < 1.29 is 4.74 Å². The third-order valence-electron chi connectivity index (χ3n) is 3.25. The average molecular weight is 288 g/mol. The molecule has 0 aliphatic carbocycles. The number of anilines is 1. The van der Waals surface area contributed by atoms with E-state index in [1.54, 1.807) is 0 Å². The minimum absolute atomic E-state index is 0.204. The number of rotatable bonds is 7. The number of aryl methyl sites for hydroxylation is 1. The Hall–Kier alpha value is -2.01. The molecule has 0 amide bonds. The maximum Gasteiger partial charge on any atom is 0.121 e. The van der Waals surface area contributed by atoms with Gasteiger partial charge in [0, 0.05) is 37.1 Å². The molecule has 5 nitrogen and oxygen atoms in total. The fourth-order valence-corrected chi connectivity index (χ4v) is 2.02. The van der Waals surface area contributed by atoms with E-state index in [-0.39, 0.29) is 6.04 Å². The Kier molecular flexibility index (Phi) is 5.22. The second-order valence-corrected chi connectivity index (χ2v) is 5.49. The van der Waals surface area contributed by atoms with Crippen LogP contribution >= 0.6 is 0 Å². The summed E-state index contributed by atoms with van der Waals surface area (Å²) in [7, 11) is 6.00. The summed E-state index contributed by atoms with van der Waals surface area (Å²) in [6, 6.07) is 8.27. The van der Waals surface area contributed by atoms with Gasteiger partial charge >= 0.3 is 0 Å². The predicted molar refractivity (Wildman–Crippen MR) is 85.7 cm³/mol. The first kappa shape index (κ1) is 15.4. The smallest absolute Gasteiger partial charge is 0.121 e. The number of ether oxygens (including phenoxy) is 1. The monoisotopic (exact) mass is 288 g/mol. The third kappa shape index (κ3) is 4.79. The van der Waals surface area contributed by atoms with Gasteiger partial charge in [-0.2, -0.15) is 5.10 Å². The molecule has 0 saturated heterocycles. The van der Waals surface area contributed by atoms with Gasteiger partial charge in [0.2, 0.25) is 0 Å². The van der Waals surface area contributed by atoms with E-state index in [1.807, 2.05) is 62.5 Å². The molecule has 21 heavy (non-hydrogen) atoms. The molecule has 2 rings (SSSR count). The number of likely N-dealkylation sites (N-methyl/N-ethyl adjacent to an activating group) is 1. The van der Waals surface area contributed by atoms with Gasteiger partial charge in [-0.15, -0.1) is 0 Å². The zero-order valence-electron chi connectivity index (χ0n) is 13.2. The van der Waals surface area contributed by atoms with Crippen LogP contribution in [0.2, 0.25) is 0 Å². The molecule has 0 aliphatic heterocycles. The molecule has 1 N–H and O–H groups in total. The van der Waals surface area contributed by atoms with Gasteiger partial charge in [0.05, 0.1) is 12.2 Å². The lowest BCUT2D eigenvalue weighted by Gasteiger charge is -2.15. The molecular weight excluding hydrogens is 264 g/mol. The summed E-state index contributed by atoms with van der Waals surface area (Å²) in [5.74, 6) is 0.889. The molecule has 0 fully saturated rings. The van der Waals surface area contributed by atoms with Crippen molar-refractivity contribution in [1.29, 1.82) is 0 Å². The van der Waals surface area contributed by atoms with Crippen LogP contribution in [0.15, 0.2) is 36.7 Å². The van der Waals surface area contributed by atoms with Crippen LogP contribution in [-0.2, 0) is 7.05 Å². The number of nitrogens with zero attached hydrogens (tertiary/aromatic N) is 3. The highest BCUT2D eigenvalue weighted by Crippen LogP contribution is 2.22. The Morgan fingerprint density at radius 3 is 2.86 bits per heavy atom. The first-order chi connectivity index (χ1) is 10.0. The van der Waals surface area contributed by atoms with Crippen LogP contribution in [0.3, 0.4) is 0 Å². The quantitative estimate of drug-likeness (QED) is 0.850. The van der Waals surface area contributed by atoms with E-state index in [2.05, 4.69) is 22.2 Å². The van der Waals surface area contributed by atoms with Gasteiger partial charge in [-0.05, 0) is 33.2 Å². The largest absolute Gasteiger partial charge is 0.492 e. The van der Waals surface area contributed by atoms with Gasteiger partial charge < -0.3 is 15.0 Å². The van der Waals surface area contributed by atoms with E-state index >= 15 is 0 Å². The lowest BCUT2D eigenvalue weighted by atomic mass is 10.2. The minimum atomic E-state index is 0.204. The molecule has 1 heterocycles. The van der Waals surface area contributed by atoms with E-state index < -0.39 is 0 Å². The van der Waals surface area contributed by atoms with Crippen molar-refractivity contribution in [3.63, 3.8) is 0 Å². The molecular formula is C16H24N4O. The maximum absolute atomic E-state index is 5.75. The number of aromatic nitrogens is 2. The van der Waals surface area contributed by atoms with Crippen LogP contribution in [0, 0.1) is 0 Å². The number of hydrogen-bond donors (Lipinski definition) is 1. The summed E-state index contributed by atoms with van der Waals surface area (Å²) < 4.78 is 7.56. The Balaban J connectivity index is 1.94. The Bertz CT molecular complexity index is 565. The van der Waals surface area contributed by atoms with Gasteiger partial charge in [-0.25, -0.2) is 0 Å². The van der Waals surface area contributed by atoms with Crippen LogP contribution in [0.5, 0.6) is 5.75 Å². The summed E-state index contributed by atoms with van der Waals surface area (Å²) in [5, 5.41) is 7.67. The fraction of sp³-hybridized carbons (Fsp3) is 0.438. The molecule has 1 atom stereocenters. The molecule has 0 saturated carbocycles. The highest BCUT2D eigenvalue weighted by atomic mass is 16.5. The Morgan fingerprint density at radius 2 is 2.19 bits per heavy atom. The molecule has 0 spiro atoms. The average Bonchev–Trinajstić information content (AvgIpc) is 2.85. The van der Waals surface area contributed by atoms with Crippen molar-refractivity contribution in [3.05, 3.63) is 42.2 Å². The van der Waals surface area contributed by atoms with Crippen LogP contribution in [0.4, 0.5) is 5.69 Å². The highest BCUT2D eigenvalue weighted by Gasteiger charge is 2.07. The van der Waals surface area contributed by atoms with E-state index in [4.69, 9.17) is 4.74 Å².